The molecule has 0 heterocycles. The Morgan fingerprint density at radius 1 is 1.64 bits per heavy atom. The number of nitro benzene ring substituents is 1. The molecule has 0 aliphatic carbocycles. The zero-order chi connectivity index (χ0) is 10.6. The Labute approximate surface area is 82.0 Å². The Kier molecular flexibility index (Phi) is 3.23. The number of ether oxygens (including phenoxy) is 1. The second-order valence-electron chi connectivity index (χ2n) is 2.75. The molecule has 4 heteroatoms. The van der Waals surface area contributed by atoms with E-state index in [1.165, 1.54) is 19.2 Å². The minimum absolute atomic E-state index is 0.0367. The van der Waals surface area contributed by atoms with Crippen molar-refractivity contribution in [2.45, 2.75) is 6.42 Å². The molecule has 0 spiro atoms. The highest BCUT2D eigenvalue weighted by Crippen LogP contribution is 2.24. The molecule has 0 radical (unpaired) electrons. The monoisotopic (exact) mass is 193 g/mol. The molecule has 0 aliphatic rings. The van der Waals surface area contributed by atoms with Gasteiger partial charge in [0, 0.05) is 6.07 Å². The van der Waals surface area contributed by atoms with Crippen LogP contribution in [-0.4, -0.2) is 12.0 Å². The van der Waals surface area contributed by atoms with E-state index >= 15 is 0 Å². The minimum Gasteiger partial charge on any atom is -0.496 e. The third-order valence-electron chi connectivity index (χ3n) is 1.85. The molecule has 0 atom stereocenters. The number of allylic oxidation sites excluding steroid dienone is 1. The van der Waals surface area contributed by atoms with Crippen LogP contribution >= 0.6 is 0 Å². The van der Waals surface area contributed by atoms with Crippen LogP contribution in [0.2, 0.25) is 0 Å². The summed E-state index contributed by atoms with van der Waals surface area (Å²) in [4.78, 5) is 10.0. The van der Waals surface area contributed by atoms with Crippen molar-refractivity contribution in [1.82, 2.24) is 0 Å². The average molecular weight is 193 g/mol. The lowest BCUT2D eigenvalue weighted by Crippen LogP contribution is -1.94. The van der Waals surface area contributed by atoms with E-state index in [2.05, 4.69) is 6.58 Å². The Hall–Kier alpha value is -1.84. The van der Waals surface area contributed by atoms with Gasteiger partial charge < -0.3 is 4.74 Å². The van der Waals surface area contributed by atoms with Gasteiger partial charge in [-0.2, -0.15) is 0 Å². The lowest BCUT2D eigenvalue weighted by molar-refractivity contribution is -0.384. The highest BCUT2D eigenvalue weighted by molar-refractivity contribution is 5.44. The summed E-state index contributed by atoms with van der Waals surface area (Å²) in [6, 6.07) is 4.55. The van der Waals surface area contributed by atoms with Crippen LogP contribution in [0.3, 0.4) is 0 Å². The van der Waals surface area contributed by atoms with Gasteiger partial charge in [0.25, 0.3) is 5.69 Å². The van der Waals surface area contributed by atoms with E-state index in [4.69, 9.17) is 4.74 Å². The standard InChI is InChI=1S/C10H11NO3/c1-3-4-8-5-6-9(11(12)13)7-10(8)14-2/h3,5-7H,1,4H2,2H3. The van der Waals surface area contributed by atoms with Gasteiger partial charge in [0.1, 0.15) is 5.75 Å². The van der Waals surface area contributed by atoms with E-state index in [0.29, 0.717) is 12.2 Å². The van der Waals surface area contributed by atoms with Crippen molar-refractivity contribution >= 4 is 5.69 Å². The first-order chi connectivity index (χ1) is 6.69. The number of rotatable bonds is 4. The molecule has 0 bridgehead atoms. The molecule has 0 aromatic heterocycles. The van der Waals surface area contributed by atoms with Crippen LogP contribution in [0.15, 0.2) is 30.9 Å². The molecule has 0 fully saturated rings. The van der Waals surface area contributed by atoms with Crippen molar-refractivity contribution in [2.75, 3.05) is 7.11 Å². The van der Waals surface area contributed by atoms with Crippen molar-refractivity contribution in [3.05, 3.63) is 46.5 Å². The zero-order valence-electron chi connectivity index (χ0n) is 7.90. The predicted molar refractivity (Wildman–Crippen MR) is 53.5 cm³/mol. The molecule has 0 amide bonds. The lowest BCUT2D eigenvalue weighted by Gasteiger charge is -2.05. The molecule has 0 saturated carbocycles. The van der Waals surface area contributed by atoms with E-state index in [1.54, 1.807) is 12.1 Å². The first kappa shape index (κ1) is 10.2. The van der Waals surface area contributed by atoms with E-state index in [0.717, 1.165) is 5.56 Å². The van der Waals surface area contributed by atoms with E-state index in [9.17, 15) is 10.1 Å². The molecular formula is C10H11NO3. The molecule has 0 N–H and O–H groups in total. The Bertz CT molecular complexity index is 360. The van der Waals surface area contributed by atoms with Crippen LogP contribution in [0, 0.1) is 10.1 Å². The van der Waals surface area contributed by atoms with Crippen LogP contribution in [0.4, 0.5) is 5.69 Å². The highest BCUT2D eigenvalue weighted by atomic mass is 16.6. The normalized spacial score (nSPS) is 9.50. The number of benzene rings is 1. The molecule has 1 aromatic carbocycles. The van der Waals surface area contributed by atoms with E-state index < -0.39 is 4.92 Å². The molecule has 4 nitrogen and oxygen atoms in total. The van der Waals surface area contributed by atoms with Crippen molar-refractivity contribution in [1.29, 1.82) is 0 Å². The van der Waals surface area contributed by atoms with E-state index in [-0.39, 0.29) is 5.69 Å². The van der Waals surface area contributed by atoms with Crippen LogP contribution < -0.4 is 4.74 Å². The van der Waals surface area contributed by atoms with Crippen LogP contribution in [0.5, 0.6) is 5.75 Å². The largest absolute Gasteiger partial charge is 0.496 e. The number of hydrogen-bond donors (Lipinski definition) is 0. The highest BCUT2D eigenvalue weighted by Gasteiger charge is 2.09. The van der Waals surface area contributed by atoms with Crippen LogP contribution in [-0.2, 0) is 6.42 Å². The summed E-state index contributed by atoms with van der Waals surface area (Å²) in [7, 11) is 1.49. The average Bonchev–Trinajstić information content (AvgIpc) is 2.18. The summed E-state index contributed by atoms with van der Waals surface area (Å²) in [6.45, 7) is 3.60. The summed E-state index contributed by atoms with van der Waals surface area (Å²) < 4.78 is 5.04. The fourth-order valence-corrected chi connectivity index (χ4v) is 1.17. The molecule has 1 aromatic rings. The summed E-state index contributed by atoms with van der Waals surface area (Å²) in [5, 5.41) is 10.5. The lowest BCUT2D eigenvalue weighted by atomic mass is 10.1. The topological polar surface area (TPSA) is 52.4 Å². The molecule has 14 heavy (non-hydrogen) atoms. The first-order valence-electron chi connectivity index (χ1n) is 4.11. The van der Waals surface area contributed by atoms with Gasteiger partial charge in [0.2, 0.25) is 0 Å². The van der Waals surface area contributed by atoms with Crippen molar-refractivity contribution < 1.29 is 9.66 Å². The summed E-state index contributed by atoms with van der Waals surface area (Å²) in [6.07, 6.45) is 2.37. The van der Waals surface area contributed by atoms with Crippen LogP contribution in [0.1, 0.15) is 5.56 Å². The zero-order valence-corrected chi connectivity index (χ0v) is 7.90. The predicted octanol–water partition coefficient (Wildman–Crippen LogP) is 2.33. The van der Waals surface area contributed by atoms with Gasteiger partial charge in [-0.3, -0.25) is 10.1 Å². The third-order valence-corrected chi connectivity index (χ3v) is 1.85. The van der Waals surface area contributed by atoms with Gasteiger partial charge in [0.05, 0.1) is 18.1 Å². The maximum absolute atomic E-state index is 10.5. The summed E-state index contributed by atoms with van der Waals surface area (Å²) in [5.41, 5.74) is 0.933. The molecule has 0 aliphatic heterocycles. The number of methoxy groups -OCH3 is 1. The van der Waals surface area contributed by atoms with Gasteiger partial charge in [-0.25, -0.2) is 0 Å². The van der Waals surface area contributed by atoms with Gasteiger partial charge in [0.15, 0.2) is 0 Å². The molecule has 74 valence electrons. The van der Waals surface area contributed by atoms with Gasteiger partial charge in [-0.05, 0) is 18.1 Å². The maximum atomic E-state index is 10.5. The maximum Gasteiger partial charge on any atom is 0.273 e. The number of nitrogens with zero attached hydrogens (tertiary/aromatic N) is 1. The molecular weight excluding hydrogens is 182 g/mol. The SMILES string of the molecule is C=CCc1ccc([N+](=O)[O-])cc1OC. The smallest absolute Gasteiger partial charge is 0.273 e. The Morgan fingerprint density at radius 3 is 2.86 bits per heavy atom. The summed E-state index contributed by atoms with van der Waals surface area (Å²) in [5.74, 6) is 0.527. The summed E-state index contributed by atoms with van der Waals surface area (Å²) >= 11 is 0. The minimum atomic E-state index is -0.444. The van der Waals surface area contributed by atoms with Crippen molar-refractivity contribution in [3.8, 4) is 5.75 Å². The van der Waals surface area contributed by atoms with Gasteiger partial charge in [-0.1, -0.05) is 6.08 Å². The number of hydrogen-bond acceptors (Lipinski definition) is 3. The van der Waals surface area contributed by atoms with Crippen molar-refractivity contribution in [3.63, 3.8) is 0 Å². The quantitative estimate of drug-likeness (QED) is 0.419. The molecule has 0 unspecified atom stereocenters. The number of non-ortho nitro benzene ring substituents is 1. The van der Waals surface area contributed by atoms with E-state index in [1.807, 2.05) is 0 Å². The Balaban J connectivity index is 3.10. The second-order valence-corrected chi connectivity index (χ2v) is 2.75. The second kappa shape index (κ2) is 4.41. The first-order valence-corrected chi connectivity index (χ1v) is 4.11. The third kappa shape index (κ3) is 2.10. The number of nitro groups is 1. The van der Waals surface area contributed by atoms with Crippen molar-refractivity contribution in [2.24, 2.45) is 0 Å². The molecule has 0 saturated heterocycles. The fourth-order valence-electron chi connectivity index (χ4n) is 1.17. The Morgan fingerprint density at radius 2 is 2.36 bits per heavy atom. The molecule has 1 rings (SSSR count). The fraction of sp³-hybridized carbons (Fsp3) is 0.200. The van der Waals surface area contributed by atoms with Gasteiger partial charge in [-0.15, -0.1) is 6.58 Å². The van der Waals surface area contributed by atoms with Crippen LogP contribution in [0.25, 0.3) is 0 Å². The van der Waals surface area contributed by atoms with Gasteiger partial charge >= 0.3 is 0 Å².